The first-order chi connectivity index (χ1) is 5.74. The number of halogens is 1. The molecular formula is C9H6ClNO. The summed E-state index contributed by atoms with van der Waals surface area (Å²) in [6.45, 7) is 0. The van der Waals surface area contributed by atoms with E-state index < -0.39 is 0 Å². The maximum absolute atomic E-state index is 9.93. The van der Waals surface area contributed by atoms with E-state index >= 15 is 0 Å². The fourth-order valence-corrected chi connectivity index (χ4v) is 0.916. The van der Waals surface area contributed by atoms with Crippen LogP contribution in [0.3, 0.4) is 0 Å². The van der Waals surface area contributed by atoms with Gasteiger partial charge in [0.2, 0.25) is 0 Å². The Morgan fingerprint density at radius 3 is 2.92 bits per heavy atom. The Morgan fingerprint density at radius 1 is 1.50 bits per heavy atom. The number of carbonyl (C=O) groups excluding carboxylic acids is 1. The SMILES string of the molecule is Nc1ccc(Cl)cc1C#CC=O. The van der Waals surface area contributed by atoms with Gasteiger partial charge in [-0.05, 0) is 24.1 Å². The standard InChI is InChI=1S/C9H6ClNO/c10-8-3-4-9(11)7(6-8)2-1-5-12/h3-6H,11H2. The summed E-state index contributed by atoms with van der Waals surface area (Å²) in [5, 5.41) is 0.555. The van der Waals surface area contributed by atoms with Crippen LogP contribution in [0.25, 0.3) is 0 Å². The molecule has 60 valence electrons. The van der Waals surface area contributed by atoms with E-state index in [1.807, 2.05) is 0 Å². The van der Waals surface area contributed by atoms with Crippen LogP contribution in [-0.2, 0) is 4.79 Å². The van der Waals surface area contributed by atoms with Gasteiger partial charge in [-0.1, -0.05) is 17.5 Å². The van der Waals surface area contributed by atoms with Crippen LogP contribution in [0.15, 0.2) is 18.2 Å². The second kappa shape index (κ2) is 3.80. The van der Waals surface area contributed by atoms with Crippen molar-refractivity contribution < 1.29 is 4.79 Å². The van der Waals surface area contributed by atoms with Gasteiger partial charge >= 0.3 is 0 Å². The molecular weight excluding hydrogens is 174 g/mol. The lowest BCUT2D eigenvalue weighted by atomic mass is 10.2. The van der Waals surface area contributed by atoms with E-state index in [2.05, 4.69) is 11.8 Å². The molecule has 0 amide bonds. The largest absolute Gasteiger partial charge is 0.398 e. The van der Waals surface area contributed by atoms with Gasteiger partial charge in [0.25, 0.3) is 0 Å². The Bertz CT molecular complexity index is 363. The Morgan fingerprint density at radius 2 is 2.25 bits per heavy atom. The fourth-order valence-electron chi connectivity index (χ4n) is 0.744. The number of hydrogen-bond donors (Lipinski definition) is 1. The summed E-state index contributed by atoms with van der Waals surface area (Å²) in [4.78, 5) is 9.93. The van der Waals surface area contributed by atoms with E-state index in [0.717, 1.165) is 0 Å². The minimum atomic E-state index is 0.514. The van der Waals surface area contributed by atoms with Crippen molar-refractivity contribution in [3.8, 4) is 11.8 Å². The van der Waals surface area contributed by atoms with Crippen molar-refractivity contribution in [2.75, 3.05) is 5.73 Å². The Labute approximate surface area is 75.3 Å². The Kier molecular flexibility index (Phi) is 2.73. The van der Waals surface area contributed by atoms with Crippen LogP contribution in [0.4, 0.5) is 5.69 Å². The number of anilines is 1. The van der Waals surface area contributed by atoms with Crippen LogP contribution in [0.1, 0.15) is 5.56 Å². The van der Waals surface area contributed by atoms with E-state index in [0.29, 0.717) is 22.6 Å². The molecule has 1 aromatic carbocycles. The molecule has 0 aliphatic heterocycles. The molecule has 0 radical (unpaired) electrons. The van der Waals surface area contributed by atoms with Crippen LogP contribution in [-0.4, -0.2) is 6.29 Å². The smallest absolute Gasteiger partial charge is 0.193 e. The summed E-state index contributed by atoms with van der Waals surface area (Å²) < 4.78 is 0. The lowest BCUT2D eigenvalue weighted by molar-refractivity contribution is -0.103. The topological polar surface area (TPSA) is 43.1 Å². The molecule has 0 aliphatic carbocycles. The van der Waals surface area contributed by atoms with Crippen molar-refractivity contribution >= 4 is 23.6 Å². The Hall–Kier alpha value is -1.46. The highest BCUT2D eigenvalue weighted by Crippen LogP contribution is 2.16. The van der Waals surface area contributed by atoms with Gasteiger partial charge in [0, 0.05) is 16.3 Å². The van der Waals surface area contributed by atoms with Crippen LogP contribution in [0, 0.1) is 11.8 Å². The molecule has 0 aliphatic rings. The molecule has 0 aromatic heterocycles. The summed E-state index contributed by atoms with van der Waals surface area (Å²) in [5.74, 6) is 4.84. The quantitative estimate of drug-likeness (QED) is 0.372. The molecule has 1 aromatic rings. The van der Waals surface area contributed by atoms with Crippen LogP contribution in [0.2, 0.25) is 5.02 Å². The number of hydrogen-bond acceptors (Lipinski definition) is 2. The second-order valence-corrected chi connectivity index (χ2v) is 2.56. The average Bonchev–Trinajstić information content (AvgIpc) is 2.07. The number of benzene rings is 1. The van der Waals surface area contributed by atoms with Gasteiger partial charge in [-0.15, -0.1) is 0 Å². The lowest BCUT2D eigenvalue weighted by Crippen LogP contribution is -1.89. The molecule has 0 unspecified atom stereocenters. The molecule has 3 heteroatoms. The molecule has 0 bridgehead atoms. The number of nitrogen functional groups attached to an aromatic ring is 1. The van der Waals surface area contributed by atoms with Crippen molar-refractivity contribution in [2.24, 2.45) is 0 Å². The highest BCUT2D eigenvalue weighted by Gasteiger charge is 1.95. The summed E-state index contributed by atoms with van der Waals surface area (Å²) in [6.07, 6.45) is 0.514. The minimum absolute atomic E-state index is 0.514. The average molecular weight is 180 g/mol. The van der Waals surface area contributed by atoms with Gasteiger partial charge in [0.1, 0.15) is 0 Å². The number of nitrogens with two attached hydrogens (primary N) is 1. The van der Waals surface area contributed by atoms with E-state index in [1.54, 1.807) is 18.2 Å². The molecule has 0 spiro atoms. The van der Waals surface area contributed by atoms with Crippen molar-refractivity contribution in [1.82, 2.24) is 0 Å². The van der Waals surface area contributed by atoms with Crippen LogP contribution in [0.5, 0.6) is 0 Å². The zero-order valence-corrected chi connectivity index (χ0v) is 6.93. The van der Waals surface area contributed by atoms with Crippen molar-refractivity contribution in [3.63, 3.8) is 0 Å². The predicted molar refractivity (Wildman–Crippen MR) is 48.8 cm³/mol. The van der Waals surface area contributed by atoms with Gasteiger partial charge in [0.15, 0.2) is 6.29 Å². The number of carbonyl (C=O) groups is 1. The maximum Gasteiger partial charge on any atom is 0.193 e. The van der Waals surface area contributed by atoms with Crippen molar-refractivity contribution in [2.45, 2.75) is 0 Å². The summed E-state index contributed by atoms with van der Waals surface area (Å²) >= 11 is 5.68. The van der Waals surface area contributed by atoms with Gasteiger partial charge in [-0.25, -0.2) is 0 Å². The summed E-state index contributed by atoms with van der Waals surface area (Å²) in [5.41, 5.74) is 6.65. The summed E-state index contributed by atoms with van der Waals surface area (Å²) in [6, 6.07) is 4.94. The first-order valence-electron chi connectivity index (χ1n) is 3.24. The van der Waals surface area contributed by atoms with Gasteiger partial charge in [-0.3, -0.25) is 4.79 Å². The van der Waals surface area contributed by atoms with Gasteiger partial charge < -0.3 is 5.73 Å². The molecule has 2 N–H and O–H groups in total. The third-order valence-corrected chi connectivity index (χ3v) is 1.52. The summed E-state index contributed by atoms with van der Waals surface area (Å²) in [7, 11) is 0. The molecule has 2 nitrogen and oxygen atoms in total. The lowest BCUT2D eigenvalue weighted by Gasteiger charge is -1.96. The zero-order chi connectivity index (χ0) is 8.97. The zero-order valence-electron chi connectivity index (χ0n) is 6.17. The molecule has 0 saturated heterocycles. The molecule has 12 heavy (non-hydrogen) atoms. The molecule has 0 saturated carbocycles. The minimum Gasteiger partial charge on any atom is -0.398 e. The predicted octanol–water partition coefficient (Wildman–Crippen LogP) is 1.47. The van der Waals surface area contributed by atoms with Crippen molar-refractivity contribution in [1.29, 1.82) is 0 Å². The maximum atomic E-state index is 9.93. The van der Waals surface area contributed by atoms with Crippen molar-refractivity contribution in [3.05, 3.63) is 28.8 Å². The molecule has 0 atom stereocenters. The second-order valence-electron chi connectivity index (χ2n) is 2.12. The fraction of sp³-hybridized carbons (Fsp3) is 0. The van der Waals surface area contributed by atoms with Gasteiger partial charge in [-0.2, -0.15) is 0 Å². The van der Waals surface area contributed by atoms with E-state index in [4.69, 9.17) is 17.3 Å². The normalized spacial score (nSPS) is 8.42. The highest BCUT2D eigenvalue weighted by molar-refractivity contribution is 6.30. The van der Waals surface area contributed by atoms with Gasteiger partial charge in [0.05, 0.1) is 0 Å². The first kappa shape index (κ1) is 8.63. The number of rotatable bonds is 0. The van der Waals surface area contributed by atoms with Crippen LogP contribution < -0.4 is 5.73 Å². The third-order valence-electron chi connectivity index (χ3n) is 1.28. The monoisotopic (exact) mass is 179 g/mol. The Balaban J connectivity index is 3.13. The highest BCUT2D eigenvalue weighted by atomic mass is 35.5. The van der Waals surface area contributed by atoms with E-state index in [1.165, 1.54) is 0 Å². The van der Waals surface area contributed by atoms with Crippen LogP contribution >= 0.6 is 11.6 Å². The molecule has 1 rings (SSSR count). The first-order valence-corrected chi connectivity index (χ1v) is 3.62. The molecule has 0 heterocycles. The molecule has 0 fully saturated rings. The van der Waals surface area contributed by atoms with E-state index in [-0.39, 0.29) is 0 Å². The van der Waals surface area contributed by atoms with E-state index in [9.17, 15) is 4.79 Å². The number of aldehydes is 1. The third kappa shape index (κ3) is 2.01.